The first-order valence-corrected chi connectivity index (χ1v) is 7.74. The van der Waals surface area contributed by atoms with Crippen LogP contribution in [0, 0.1) is 6.92 Å². The molecule has 0 bridgehead atoms. The maximum absolute atomic E-state index is 5.51. The van der Waals surface area contributed by atoms with E-state index in [1.54, 1.807) is 0 Å². The van der Waals surface area contributed by atoms with Gasteiger partial charge in [-0.2, -0.15) is 0 Å². The topological polar surface area (TPSA) is 57.3 Å². The Balaban J connectivity index is 1.64. The van der Waals surface area contributed by atoms with Crippen molar-refractivity contribution in [3.05, 3.63) is 29.8 Å². The summed E-state index contributed by atoms with van der Waals surface area (Å²) >= 11 is 10.4. The molecule has 0 amide bonds. The van der Waals surface area contributed by atoms with Crippen molar-refractivity contribution in [1.29, 1.82) is 0 Å². The monoisotopic (exact) mass is 324 g/mol. The average Bonchev–Trinajstić information content (AvgIpc) is 2.96. The van der Waals surface area contributed by atoms with Crippen LogP contribution in [0.5, 0.6) is 0 Å². The first-order valence-electron chi connectivity index (χ1n) is 6.92. The van der Waals surface area contributed by atoms with Gasteiger partial charge in [0.25, 0.3) is 0 Å². The van der Waals surface area contributed by atoms with Crippen molar-refractivity contribution in [3.8, 4) is 0 Å². The van der Waals surface area contributed by atoms with Crippen molar-refractivity contribution in [3.63, 3.8) is 0 Å². The third-order valence-electron chi connectivity index (χ3n) is 3.08. The number of ether oxygens (including phenoxy) is 1. The minimum atomic E-state index is 0.252. The summed E-state index contributed by atoms with van der Waals surface area (Å²) in [6.45, 7) is 3.59. The molecule has 21 heavy (non-hydrogen) atoms. The predicted octanol–water partition coefficient (Wildman–Crippen LogP) is 1.84. The zero-order valence-electron chi connectivity index (χ0n) is 11.9. The van der Waals surface area contributed by atoms with Gasteiger partial charge in [-0.05, 0) is 61.9 Å². The summed E-state index contributed by atoms with van der Waals surface area (Å²) in [5.41, 5.74) is 7.81. The second kappa shape index (κ2) is 8.11. The van der Waals surface area contributed by atoms with Gasteiger partial charge in [0.05, 0.1) is 6.10 Å². The number of hydrogen-bond acceptors (Lipinski definition) is 3. The van der Waals surface area contributed by atoms with E-state index in [9.17, 15) is 0 Å². The van der Waals surface area contributed by atoms with E-state index in [4.69, 9.17) is 29.2 Å². The molecule has 0 unspecified atom stereocenters. The number of thiocarbonyl (C=S) groups is 2. The van der Waals surface area contributed by atoms with Gasteiger partial charge in [0.15, 0.2) is 10.2 Å². The lowest BCUT2D eigenvalue weighted by Gasteiger charge is -2.16. The van der Waals surface area contributed by atoms with Crippen LogP contribution in [-0.4, -0.2) is 29.5 Å². The number of hydrazine groups is 1. The van der Waals surface area contributed by atoms with Gasteiger partial charge in [0.1, 0.15) is 0 Å². The molecule has 1 aliphatic heterocycles. The minimum Gasteiger partial charge on any atom is -0.376 e. The highest BCUT2D eigenvalue weighted by molar-refractivity contribution is 7.80. The first-order chi connectivity index (χ1) is 10.1. The molecule has 0 aromatic heterocycles. The van der Waals surface area contributed by atoms with Crippen molar-refractivity contribution < 1.29 is 4.74 Å². The zero-order valence-corrected chi connectivity index (χ0v) is 13.6. The quantitative estimate of drug-likeness (QED) is 0.500. The molecule has 1 aliphatic rings. The van der Waals surface area contributed by atoms with E-state index < -0.39 is 0 Å². The van der Waals surface area contributed by atoms with Crippen molar-refractivity contribution in [2.45, 2.75) is 25.9 Å². The maximum Gasteiger partial charge on any atom is 0.189 e. The van der Waals surface area contributed by atoms with E-state index in [0.717, 1.165) is 25.1 Å². The zero-order chi connectivity index (χ0) is 15.1. The number of benzene rings is 1. The number of anilines is 1. The van der Waals surface area contributed by atoms with Crippen LogP contribution < -0.4 is 21.5 Å². The molecule has 2 rings (SSSR count). The summed E-state index contributed by atoms with van der Waals surface area (Å²) in [6, 6.07) is 7.97. The molecule has 0 radical (unpaired) electrons. The Kier molecular flexibility index (Phi) is 6.16. The molecule has 1 aromatic carbocycles. The summed E-state index contributed by atoms with van der Waals surface area (Å²) in [6.07, 6.45) is 2.45. The molecule has 5 nitrogen and oxygen atoms in total. The lowest BCUT2D eigenvalue weighted by Crippen LogP contribution is -2.49. The van der Waals surface area contributed by atoms with Crippen LogP contribution in [0.15, 0.2) is 24.3 Å². The molecule has 0 aliphatic carbocycles. The largest absolute Gasteiger partial charge is 0.376 e. The molecule has 114 valence electrons. The molecule has 1 fully saturated rings. The molecular weight excluding hydrogens is 304 g/mol. The highest BCUT2D eigenvalue weighted by Crippen LogP contribution is 2.10. The minimum absolute atomic E-state index is 0.252. The normalized spacial score (nSPS) is 17.1. The van der Waals surface area contributed by atoms with E-state index in [0.29, 0.717) is 16.8 Å². The molecule has 1 aromatic rings. The van der Waals surface area contributed by atoms with Crippen molar-refractivity contribution in [2.24, 2.45) is 0 Å². The lowest BCUT2D eigenvalue weighted by molar-refractivity contribution is 0.114. The number of rotatable bonds is 3. The van der Waals surface area contributed by atoms with Gasteiger partial charge in [0, 0.05) is 18.8 Å². The second-order valence-corrected chi connectivity index (χ2v) is 5.74. The predicted molar refractivity (Wildman–Crippen MR) is 93.2 cm³/mol. The smallest absolute Gasteiger partial charge is 0.189 e. The van der Waals surface area contributed by atoms with Gasteiger partial charge in [-0.3, -0.25) is 10.9 Å². The Bertz CT molecular complexity index is 504. The lowest BCUT2D eigenvalue weighted by atomic mass is 10.2. The van der Waals surface area contributed by atoms with Crippen molar-refractivity contribution >= 4 is 40.3 Å². The standard InChI is InChI=1S/C14H20N4OS2/c1-10-4-2-5-11(8-10)16-14(21)18-17-13(20)15-9-12-6-3-7-19-12/h2,4-5,8,12H,3,6-7,9H2,1H3,(H2,15,17,20)(H2,16,18,21)/t12-/m1/s1. The number of aryl methyl sites for hydroxylation is 1. The SMILES string of the molecule is Cc1cccc(NC(=S)NNC(=S)NC[C@H]2CCCO2)c1. The molecule has 1 saturated heterocycles. The van der Waals surface area contributed by atoms with Gasteiger partial charge < -0.3 is 15.4 Å². The number of hydrogen-bond donors (Lipinski definition) is 4. The highest BCUT2D eigenvalue weighted by Gasteiger charge is 2.15. The fourth-order valence-corrected chi connectivity index (χ4v) is 2.36. The Morgan fingerprint density at radius 3 is 2.81 bits per heavy atom. The summed E-state index contributed by atoms with van der Waals surface area (Å²) in [5, 5.41) is 7.14. The third-order valence-corrected chi connectivity index (χ3v) is 3.53. The van der Waals surface area contributed by atoms with Gasteiger partial charge in [-0.25, -0.2) is 0 Å². The first kappa shape index (κ1) is 15.9. The Labute approximate surface area is 135 Å². The second-order valence-electron chi connectivity index (χ2n) is 4.92. The highest BCUT2D eigenvalue weighted by atomic mass is 32.1. The summed E-state index contributed by atoms with van der Waals surface area (Å²) in [5.74, 6) is 0. The van der Waals surface area contributed by atoms with Crippen LogP contribution in [0.4, 0.5) is 5.69 Å². The molecule has 1 heterocycles. The van der Waals surface area contributed by atoms with Gasteiger partial charge in [-0.15, -0.1) is 0 Å². The van der Waals surface area contributed by atoms with E-state index >= 15 is 0 Å². The Morgan fingerprint density at radius 1 is 1.29 bits per heavy atom. The van der Waals surface area contributed by atoms with E-state index in [2.05, 4.69) is 21.5 Å². The van der Waals surface area contributed by atoms with Gasteiger partial charge in [0.2, 0.25) is 0 Å². The molecule has 0 spiro atoms. The van der Waals surface area contributed by atoms with Crippen molar-refractivity contribution in [2.75, 3.05) is 18.5 Å². The molecule has 0 saturated carbocycles. The van der Waals surface area contributed by atoms with Crippen LogP contribution in [0.2, 0.25) is 0 Å². The fourth-order valence-electron chi connectivity index (χ4n) is 2.05. The average molecular weight is 324 g/mol. The summed E-state index contributed by atoms with van der Waals surface area (Å²) in [7, 11) is 0. The van der Waals surface area contributed by atoms with Crippen LogP contribution >= 0.6 is 24.4 Å². The van der Waals surface area contributed by atoms with Crippen LogP contribution in [0.3, 0.4) is 0 Å². The van der Waals surface area contributed by atoms with E-state index in [-0.39, 0.29) is 6.10 Å². The van der Waals surface area contributed by atoms with Gasteiger partial charge in [-0.1, -0.05) is 12.1 Å². The molecule has 1 atom stereocenters. The number of nitrogens with one attached hydrogen (secondary N) is 4. The van der Waals surface area contributed by atoms with E-state index in [1.807, 2.05) is 31.2 Å². The fraction of sp³-hybridized carbons (Fsp3) is 0.429. The van der Waals surface area contributed by atoms with Crippen LogP contribution in [0.25, 0.3) is 0 Å². The van der Waals surface area contributed by atoms with Crippen LogP contribution in [0.1, 0.15) is 18.4 Å². The Morgan fingerprint density at radius 2 is 2.10 bits per heavy atom. The molecular formula is C14H20N4OS2. The molecule has 4 N–H and O–H groups in total. The van der Waals surface area contributed by atoms with Gasteiger partial charge >= 0.3 is 0 Å². The third kappa shape index (κ3) is 5.82. The summed E-state index contributed by atoms with van der Waals surface area (Å²) in [4.78, 5) is 0. The van der Waals surface area contributed by atoms with Crippen LogP contribution in [-0.2, 0) is 4.74 Å². The van der Waals surface area contributed by atoms with Crippen molar-refractivity contribution in [1.82, 2.24) is 16.2 Å². The summed E-state index contributed by atoms with van der Waals surface area (Å²) < 4.78 is 5.51. The van der Waals surface area contributed by atoms with E-state index in [1.165, 1.54) is 5.56 Å². The Hall–Kier alpha value is -1.44. The maximum atomic E-state index is 5.51. The molecule has 7 heteroatoms.